The zero-order valence-corrected chi connectivity index (χ0v) is 22.6. The topological polar surface area (TPSA) is 49.2 Å². The number of nitrogens with zero attached hydrogens (tertiary/aromatic N) is 3. The van der Waals surface area contributed by atoms with Crippen LogP contribution in [-0.2, 0) is 19.6 Å². The lowest BCUT2D eigenvalue weighted by atomic mass is 10.1. The van der Waals surface area contributed by atoms with Gasteiger partial charge in [0.15, 0.2) is 5.76 Å². The second-order valence-electron chi connectivity index (χ2n) is 9.65. The third-order valence-corrected chi connectivity index (χ3v) is 7.09. The van der Waals surface area contributed by atoms with Crippen LogP contribution in [0.15, 0.2) is 89.3 Å². The summed E-state index contributed by atoms with van der Waals surface area (Å²) >= 11 is 6.14. The number of halogens is 2. The quantitative estimate of drug-likeness (QED) is 0.248. The number of anilines is 1. The number of furan rings is 1. The predicted molar refractivity (Wildman–Crippen MR) is 151 cm³/mol. The zero-order chi connectivity index (χ0) is 27.2. The van der Waals surface area contributed by atoms with E-state index in [1.54, 1.807) is 25.3 Å². The third-order valence-electron chi connectivity index (χ3n) is 6.85. The van der Waals surface area contributed by atoms with E-state index >= 15 is 0 Å². The first kappa shape index (κ1) is 26.8. The number of benzene rings is 3. The van der Waals surface area contributed by atoms with Crippen molar-refractivity contribution in [3.8, 4) is 5.75 Å². The average Bonchev–Trinajstić information content (AvgIpc) is 3.41. The van der Waals surface area contributed by atoms with E-state index in [0.29, 0.717) is 49.3 Å². The summed E-state index contributed by atoms with van der Waals surface area (Å²) in [5, 5.41) is 0.701. The second kappa shape index (κ2) is 12.4. The Kier molecular flexibility index (Phi) is 8.49. The van der Waals surface area contributed by atoms with Gasteiger partial charge in [0, 0.05) is 50.0 Å². The lowest BCUT2D eigenvalue weighted by molar-refractivity contribution is 0.0710. The molecule has 1 saturated heterocycles. The highest BCUT2D eigenvalue weighted by Crippen LogP contribution is 2.23. The predicted octanol–water partition coefficient (Wildman–Crippen LogP) is 6.25. The van der Waals surface area contributed by atoms with Crippen molar-refractivity contribution in [2.45, 2.75) is 19.6 Å². The smallest absolute Gasteiger partial charge is 0.289 e. The zero-order valence-electron chi connectivity index (χ0n) is 21.9. The van der Waals surface area contributed by atoms with Crippen molar-refractivity contribution < 1.29 is 18.3 Å². The van der Waals surface area contributed by atoms with E-state index in [0.717, 1.165) is 35.7 Å². The lowest BCUT2D eigenvalue weighted by Crippen LogP contribution is -2.48. The van der Waals surface area contributed by atoms with Crippen molar-refractivity contribution in [3.05, 3.63) is 118 Å². The molecule has 8 heteroatoms. The number of amides is 1. The molecule has 0 saturated carbocycles. The number of carbonyl (C=O) groups excluding carboxylic acids is 1. The van der Waals surface area contributed by atoms with E-state index in [9.17, 15) is 9.18 Å². The molecule has 3 aromatic carbocycles. The van der Waals surface area contributed by atoms with Crippen LogP contribution in [0, 0.1) is 5.82 Å². The highest BCUT2D eigenvalue weighted by atomic mass is 35.5. The van der Waals surface area contributed by atoms with Crippen LogP contribution in [0.25, 0.3) is 0 Å². The van der Waals surface area contributed by atoms with Gasteiger partial charge in [-0.05, 0) is 65.7 Å². The third kappa shape index (κ3) is 6.99. The van der Waals surface area contributed by atoms with Gasteiger partial charge in [0.1, 0.15) is 17.3 Å². The standard InChI is InChI=1S/C31H31ClFN3O3/c1-38-28-10-8-23(9-11-28)20-34(21-24-4-2-6-26(33)18-24)22-29-12-13-30(39-29)31(37)36-16-14-35(15-17-36)27-7-3-5-25(32)19-27/h2-13,18-19H,14-17,20-22H2,1H3. The summed E-state index contributed by atoms with van der Waals surface area (Å²) in [5.41, 5.74) is 3.02. The molecule has 1 fully saturated rings. The number of ether oxygens (including phenoxy) is 1. The molecule has 0 aliphatic carbocycles. The Morgan fingerprint density at radius 3 is 2.36 bits per heavy atom. The summed E-state index contributed by atoms with van der Waals surface area (Å²) in [6, 6.07) is 25.8. The fraction of sp³-hybridized carbons (Fsp3) is 0.258. The van der Waals surface area contributed by atoms with Crippen LogP contribution in [-0.4, -0.2) is 49.0 Å². The first-order valence-corrected chi connectivity index (χ1v) is 13.3. The van der Waals surface area contributed by atoms with E-state index in [-0.39, 0.29) is 11.7 Å². The maximum absolute atomic E-state index is 13.9. The normalized spacial score (nSPS) is 13.6. The van der Waals surface area contributed by atoms with Gasteiger partial charge in [0.2, 0.25) is 0 Å². The molecule has 39 heavy (non-hydrogen) atoms. The molecule has 2 heterocycles. The van der Waals surface area contributed by atoms with E-state index in [1.807, 2.05) is 65.6 Å². The fourth-order valence-electron chi connectivity index (χ4n) is 4.84. The van der Waals surface area contributed by atoms with Crippen LogP contribution >= 0.6 is 11.6 Å². The van der Waals surface area contributed by atoms with Gasteiger partial charge in [0.25, 0.3) is 5.91 Å². The number of hydrogen-bond acceptors (Lipinski definition) is 5. The Hall–Kier alpha value is -3.81. The molecule has 0 atom stereocenters. The number of methoxy groups -OCH3 is 1. The molecule has 4 aromatic rings. The van der Waals surface area contributed by atoms with Crippen molar-refractivity contribution >= 4 is 23.2 Å². The maximum Gasteiger partial charge on any atom is 0.289 e. The van der Waals surface area contributed by atoms with E-state index in [1.165, 1.54) is 6.07 Å². The van der Waals surface area contributed by atoms with Crippen LogP contribution < -0.4 is 9.64 Å². The van der Waals surface area contributed by atoms with E-state index < -0.39 is 0 Å². The molecule has 0 unspecified atom stereocenters. The van der Waals surface area contributed by atoms with Crippen LogP contribution in [0.3, 0.4) is 0 Å². The van der Waals surface area contributed by atoms with Crippen molar-refractivity contribution in [1.82, 2.24) is 9.80 Å². The molecule has 0 spiro atoms. The number of piperazine rings is 1. The van der Waals surface area contributed by atoms with Gasteiger partial charge < -0.3 is 19.0 Å². The Balaban J connectivity index is 1.24. The Morgan fingerprint density at radius 1 is 0.897 bits per heavy atom. The van der Waals surface area contributed by atoms with Gasteiger partial charge in [-0.25, -0.2) is 4.39 Å². The highest BCUT2D eigenvalue weighted by molar-refractivity contribution is 6.30. The summed E-state index contributed by atoms with van der Waals surface area (Å²) < 4.78 is 25.2. The number of hydrogen-bond donors (Lipinski definition) is 0. The van der Waals surface area contributed by atoms with Gasteiger partial charge >= 0.3 is 0 Å². The van der Waals surface area contributed by atoms with Crippen LogP contribution in [0.2, 0.25) is 5.02 Å². The molecule has 1 aromatic heterocycles. The molecule has 202 valence electrons. The molecule has 1 amide bonds. The average molecular weight is 548 g/mol. The maximum atomic E-state index is 13.9. The van der Waals surface area contributed by atoms with E-state index in [4.69, 9.17) is 20.8 Å². The molecule has 1 aliphatic rings. The molecule has 0 N–H and O–H groups in total. The van der Waals surface area contributed by atoms with Gasteiger partial charge in [-0.3, -0.25) is 9.69 Å². The molecule has 0 bridgehead atoms. The molecule has 6 nitrogen and oxygen atoms in total. The Labute approximate surface area is 233 Å². The summed E-state index contributed by atoms with van der Waals surface area (Å²) in [6.07, 6.45) is 0. The minimum atomic E-state index is -0.266. The summed E-state index contributed by atoms with van der Waals surface area (Å²) in [6.45, 7) is 4.27. The van der Waals surface area contributed by atoms with Crippen molar-refractivity contribution in [3.63, 3.8) is 0 Å². The van der Waals surface area contributed by atoms with Gasteiger partial charge in [-0.15, -0.1) is 0 Å². The first-order chi connectivity index (χ1) is 19.0. The first-order valence-electron chi connectivity index (χ1n) is 12.9. The van der Waals surface area contributed by atoms with E-state index in [2.05, 4.69) is 9.80 Å². The van der Waals surface area contributed by atoms with Crippen molar-refractivity contribution in [2.75, 3.05) is 38.2 Å². The van der Waals surface area contributed by atoms with Crippen molar-refractivity contribution in [1.29, 1.82) is 0 Å². The van der Waals surface area contributed by atoms with Crippen LogP contribution in [0.4, 0.5) is 10.1 Å². The van der Waals surface area contributed by atoms with Gasteiger partial charge in [-0.2, -0.15) is 0 Å². The van der Waals surface area contributed by atoms with Crippen LogP contribution in [0.1, 0.15) is 27.4 Å². The largest absolute Gasteiger partial charge is 0.497 e. The lowest BCUT2D eigenvalue weighted by Gasteiger charge is -2.35. The highest BCUT2D eigenvalue weighted by Gasteiger charge is 2.25. The molecule has 1 aliphatic heterocycles. The molecular weight excluding hydrogens is 517 g/mol. The SMILES string of the molecule is COc1ccc(CN(Cc2cccc(F)c2)Cc2ccc(C(=O)N3CCN(c4cccc(Cl)c4)CC3)o2)cc1. The minimum Gasteiger partial charge on any atom is -0.497 e. The number of carbonyl (C=O) groups is 1. The summed E-state index contributed by atoms with van der Waals surface area (Å²) in [4.78, 5) is 19.4. The molecule has 0 radical (unpaired) electrons. The van der Waals surface area contributed by atoms with Gasteiger partial charge in [0.05, 0.1) is 13.7 Å². The summed E-state index contributed by atoms with van der Waals surface area (Å²) in [5.74, 6) is 1.42. The molecular formula is C31H31ClFN3O3. The fourth-order valence-corrected chi connectivity index (χ4v) is 5.03. The molecule has 5 rings (SSSR count). The van der Waals surface area contributed by atoms with Crippen molar-refractivity contribution in [2.24, 2.45) is 0 Å². The Bertz CT molecular complexity index is 1400. The summed E-state index contributed by atoms with van der Waals surface area (Å²) in [7, 11) is 1.64. The monoisotopic (exact) mass is 547 g/mol. The number of rotatable bonds is 9. The minimum absolute atomic E-state index is 0.112. The van der Waals surface area contributed by atoms with Crippen LogP contribution in [0.5, 0.6) is 5.75 Å². The Morgan fingerprint density at radius 2 is 1.64 bits per heavy atom. The van der Waals surface area contributed by atoms with Gasteiger partial charge in [-0.1, -0.05) is 41.9 Å². The second-order valence-corrected chi connectivity index (χ2v) is 10.1.